The molecule has 0 unspecified atom stereocenters. The molecule has 14 heavy (non-hydrogen) atoms. The number of carbonyl (C=O) groups excluding carboxylic acids is 2. The number of esters is 1. The summed E-state index contributed by atoms with van der Waals surface area (Å²) in [7, 11) is 2.46. The molecule has 1 aliphatic heterocycles. The van der Waals surface area contributed by atoms with Crippen molar-refractivity contribution in [1.29, 1.82) is 0 Å². The lowest BCUT2D eigenvalue weighted by Crippen LogP contribution is -2.41. The SMILES string of the molecule is COC(=O)[C@@H]1C[C@@H](O)CN1C(=O)OC. The van der Waals surface area contributed by atoms with Crippen LogP contribution in [0.5, 0.6) is 0 Å². The smallest absolute Gasteiger partial charge is 0.410 e. The van der Waals surface area contributed by atoms with Gasteiger partial charge in [-0.3, -0.25) is 4.90 Å². The van der Waals surface area contributed by atoms with Crippen molar-refractivity contribution >= 4 is 12.1 Å². The number of nitrogens with zero attached hydrogens (tertiary/aromatic N) is 1. The van der Waals surface area contributed by atoms with Crippen LogP contribution in [0.2, 0.25) is 0 Å². The van der Waals surface area contributed by atoms with Crippen LogP contribution in [-0.4, -0.2) is 55.0 Å². The quantitative estimate of drug-likeness (QED) is 0.574. The zero-order valence-electron chi connectivity index (χ0n) is 8.10. The zero-order valence-corrected chi connectivity index (χ0v) is 8.10. The van der Waals surface area contributed by atoms with Gasteiger partial charge in [0.2, 0.25) is 0 Å². The van der Waals surface area contributed by atoms with Gasteiger partial charge < -0.3 is 14.6 Å². The Labute approximate surface area is 81.4 Å². The average Bonchev–Trinajstić information content (AvgIpc) is 2.58. The number of methoxy groups -OCH3 is 2. The number of β-amino-alcohol motifs (C(OH)–C–C–N with tert-alkyl or cyclic N) is 1. The molecule has 0 bridgehead atoms. The third-order valence-corrected chi connectivity index (χ3v) is 2.16. The van der Waals surface area contributed by atoms with E-state index in [1.54, 1.807) is 0 Å². The fourth-order valence-corrected chi connectivity index (χ4v) is 1.49. The van der Waals surface area contributed by atoms with Gasteiger partial charge in [-0.25, -0.2) is 9.59 Å². The van der Waals surface area contributed by atoms with Gasteiger partial charge >= 0.3 is 12.1 Å². The maximum atomic E-state index is 11.2. The molecule has 0 aromatic heterocycles. The number of hydrogen-bond acceptors (Lipinski definition) is 5. The maximum Gasteiger partial charge on any atom is 0.410 e. The highest BCUT2D eigenvalue weighted by Gasteiger charge is 2.40. The molecule has 1 aliphatic rings. The Balaban J connectivity index is 2.72. The lowest BCUT2D eigenvalue weighted by Gasteiger charge is -2.20. The van der Waals surface area contributed by atoms with Crippen LogP contribution in [0.1, 0.15) is 6.42 Å². The van der Waals surface area contributed by atoms with Gasteiger partial charge in [0, 0.05) is 6.42 Å². The zero-order chi connectivity index (χ0) is 10.7. The number of amides is 1. The van der Waals surface area contributed by atoms with Gasteiger partial charge in [-0.15, -0.1) is 0 Å². The Bertz CT molecular complexity index is 218. The van der Waals surface area contributed by atoms with Crippen LogP contribution in [0.15, 0.2) is 0 Å². The highest BCUT2D eigenvalue weighted by atomic mass is 16.5. The van der Waals surface area contributed by atoms with Crippen LogP contribution in [0.25, 0.3) is 0 Å². The second-order valence-corrected chi connectivity index (χ2v) is 3.05. The summed E-state index contributed by atoms with van der Waals surface area (Å²) in [5, 5.41) is 9.30. The summed E-state index contributed by atoms with van der Waals surface area (Å²) in [6.07, 6.45) is -1.13. The number of aliphatic hydroxyl groups excluding tert-OH is 1. The molecule has 0 aliphatic carbocycles. The van der Waals surface area contributed by atoms with Gasteiger partial charge in [0.25, 0.3) is 0 Å². The molecule has 1 rings (SSSR count). The number of hydrogen-bond donors (Lipinski definition) is 1. The van der Waals surface area contributed by atoms with Gasteiger partial charge in [0.05, 0.1) is 26.9 Å². The van der Waals surface area contributed by atoms with Gasteiger partial charge in [0.15, 0.2) is 0 Å². The molecule has 0 spiro atoms. The fourth-order valence-electron chi connectivity index (χ4n) is 1.49. The van der Waals surface area contributed by atoms with Crippen LogP contribution < -0.4 is 0 Å². The number of aliphatic hydroxyl groups is 1. The van der Waals surface area contributed by atoms with Crippen LogP contribution in [0, 0.1) is 0 Å². The molecule has 80 valence electrons. The van der Waals surface area contributed by atoms with Crippen molar-refractivity contribution < 1.29 is 24.2 Å². The van der Waals surface area contributed by atoms with E-state index in [2.05, 4.69) is 9.47 Å². The molecular formula is C8H13NO5. The van der Waals surface area contributed by atoms with Gasteiger partial charge in [-0.05, 0) is 0 Å². The highest BCUT2D eigenvalue weighted by molar-refractivity contribution is 5.82. The van der Waals surface area contributed by atoms with E-state index in [1.165, 1.54) is 14.2 Å². The minimum absolute atomic E-state index is 0.104. The van der Waals surface area contributed by atoms with Crippen molar-refractivity contribution in [2.45, 2.75) is 18.6 Å². The van der Waals surface area contributed by atoms with Crippen LogP contribution in [0.4, 0.5) is 4.79 Å². The first-order chi connectivity index (χ1) is 6.60. The van der Waals surface area contributed by atoms with Crippen molar-refractivity contribution in [3.8, 4) is 0 Å². The molecule has 0 saturated carbocycles. The predicted molar refractivity (Wildman–Crippen MR) is 45.5 cm³/mol. The van der Waals surface area contributed by atoms with E-state index in [4.69, 9.17) is 0 Å². The van der Waals surface area contributed by atoms with E-state index >= 15 is 0 Å². The molecule has 1 N–H and O–H groups in total. The molecule has 2 atom stereocenters. The molecule has 1 amide bonds. The average molecular weight is 203 g/mol. The first-order valence-corrected chi connectivity index (χ1v) is 4.20. The highest BCUT2D eigenvalue weighted by Crippen LogP contribution is 2.19. The predicted octanol–water partition coefficient (Wildman–Crippen LogP) is -0.639. The van der Waals surface area contributed by atoms with Crippen molar-refractivity contribution in [1.82, 2.24) is 4.90 Å². The summed E-state index contributed by atoms with van der Waals surface area (Å²) >= 11 is 0. The van der Waals surface area contributed by atoms with Gasteiger partial charge in [-0.2, -0.15) is 0 Å². The van der Waals surface area contributed by atoms with E-state index in [-0.39, 0.29) is 13.0 Å². The molecule has 1 fully saturated rings. The Morgan fingerprint density at radius 1 is 1.36 bits per heavy atom. The normalized spacial score (nSPS) is 26.1. The van der Waals surface area contributed by atoms with Crippen molar-refractivity contribution in [2.75, 3.05) is 20.8 Å². The van der Waals surface area contributed by atoms with E-state index in [0.29, 0.717) is 0 Å². The summed E-state index contributed by atoms with van der Waals surface area (Å²) in [4.78, 5) is 23.5. The number of ether oxygens (including phenoxy) is 2. The number of rotatable bonds is 1. The summed E-state index contributed by atoms with van der Waals surface area (Å²) in [6.45, 7) is 0.104. The minimum atomic E-state index is -0.734. The number of likely N-dealkylation sites (tertiary alicyclic amines) is 1. The summed E-state index contributed by atoms with van der Waals surface area (Å²) in [5.41, 5.74) is 0. The van der Waals surface area contributed by atoms with Crippen LogP contribution >= 0.6 is 0 Å². The Morgan fingerprint density at radius 3 is 2.50 bits per heavy atom. The van der Waals surface area contributed by atoms with E-state index in [1.807, 2.05) is 0 Å². The number of carbonyl (C=O) groups is 2. The molecule has 0 radical (unpaired) electrons. The second-order valence-electron chi connectivity index (χ2n) is 3.05. The van der Waals surface area contributed by atoms with Crippen molar-refractivity contribution in [2.24, 2.45) is 0 Å². The summed E-state index contributed by atoms with van der Waals surface area (Å²) in [5.74, 6) is -0.535. The van der Waals surface area contributed by atoms with Crippen LogP contribution in [0.3, 0.4) is 0 Å². The van der Waals surface area contributed by atoms with Crippen LogP contribution in [-0.2, 0) is 14.3 Å². The largest absolute Gasteiger partial charge is 0.467 e. The van der Waals surface area contributed by atoms with Gasteiger partial charge in [0.1, 0.15) is 6.04 Å². The second kappa shape index (κ2) is 4.28. The molecule has 0 aromatic carbocycles. The Morgan fingerprint density at radius 2 is 2.00 bits per heavy atom. The topological polar surface area (TPSA) is 76.1 Å². The first-order valence-electron chi connectivity index (χ1n) is 4.20. The molecule has 1 heterocycles. The Kier molecular flexibility index (Phi) is 3.29. The van der Waals surface area contributed by atoms with E-state index < -0.39 is 24.2 Å². The standard InChI is InChI=1S/C8H13NO5/c1-13-7(11)6-3-5(10)4-9(6)8(12)14-2/h5-6,10H,3-4H2,1-2H3/t5-,6+/m1/s1. The van der Waals surface area contributed by atoms with E-state index in [9.17, 15) is 14.7 Å². The molecule has 0 aromatic rings. The van der Waals surface area contributed by atoms with Crippen molar-refractivity contribution in [3.63, 3.8) is 0 Å². The summed E-state index contributed by atoms with van der Waals surface area (Å²) in [6, 6.07) is -0.734. The molecule has 1 saturated heterocycles. The summed E-state index contributed by atoms with van der Waals surface area (Å²) < 4.78 is 8.98. The first kappa shape index (κ1) is 10.8. The molecular weight excluding hydrogens is 190 g/mol. The lowest BCUT2D eigenvalue weighted by molar-refractivity contribution is -0.145. The fraction of sp³-hybridized carbons (Fsp3) is 0.750. The maximum absolute atomic E-state index is 11.2. The lowest BCUT2D eigenvalue weighted by atomic mass is 10.2. The Hall–Kier alpha value is -1.30. The van der Waals surface area contributed by atoms with Crippen molar-refractivity contribution in [3.05, 3.63) is 0 Å². The minimum Gasteiger partial charge on any atom is -0.467 e. The third-order valence-electron chi connectivity index (χ3n) is 2.16. The molecule has 6 heteroatoms. The van der Waals surface area contributed by atoms with Gasteiger partial charge in [-0.1, -0.05) is 0 Å². The molecule has 6 nitrogen and oxygen atoms in total. The third kappa shape index (κ3) is 1.95. The van der Waals surface area contributed by atoms with E-state index in [0.717, 1.165) is 4.90 Å². The monoisotopic (exact) mass is 203 g/mol.